The zero-order valence-electron chi connectivity index (χ0n) is 10.7. The van der Waals surface area contributed by atoms with E-state index in [9.17, 15) is 37.8 Å². The molecule has 0 aromatic carbocycles. The van der Waals surface area contributed by atoms with Gasteiger partial charge in [-0.3, -0.25) is 0 Å². The van der Waals surface area contributed by atoms with Crippen molar-refractivity contribution in [1.82, 2.24) is 0 Å². The molecule has 0 saturated carbocycles. The first-order valence-electron chi connectivity index (χ1n) is 4.69. The van der Waals surface area contributed by atoms with Gasteiger partial charge in [0.1, 0.15) is 0 Å². The van der Waals surface area contributed by atoms with Crippen molar-refractivity contribution in [1.29, 1.82) is 0 Å². The Morgan fingerprint density at radius 3 is 1.19 bits per heavy atom. The Hall–Kier alpha value is 0.763. The van der Waals surface area contributed by atoms with Gasteiger partial charge in [-0.2, -0.15) is 37.8 Å². The molecule has 132 valence electrons. The molecule has 0 aromatic heterocycles. The van der Waals surface area contributed by atoms with Gasteiger partial charge in [-0.1, -0.05) is 25.2 Å². The SMILES string of the molecule is C=CCC/C=C/CC.FP(F)F.FP(F)F.FP(F)F.[Ru]. The molecule has 0 saturated heterocycles. The standard InChI is InChI=1S/C8H14.3F3P.Ru/c1-3-5-7-8-6-4-2;3*1-4(2)3;/h3,6,8H,1,4-5,7H2,2H3;;;;/b8-6+;;;;. The summed E-state index contributed by atoms with van der Waals surface area (Å²) in [6, 6.07) is 0. The largest absolute Gasteiger partial charge is 0.456 e. The van der Waals surface area contributed by atoms with Crippen LogP contribution >= 0.6 is 26.6 Å². The molecule has 0 rings (SSSR count). The Balaban J connectivity index is -0.0000000570. The summed E-state index contributed by atoms with van der Waals surface area (Å²) in [5.74, 6) is 0. The van der Waals surface area contributed by atoms with Gasteiger partial charge in [-0.05, 0) is 19.3 Å². The Morgan fingerprint density at radius 2 is 1.00 bits per heavy atom. The first-order valence-corrected chi connectivity index (χ1v) is 7.74. The van der Waals surface area contributed by atoms with Crippen LogP contribution in [0.5, 0.6) is 0 Å². The molecule has 0 fully saturated rings. The van der Waals surface area contributed by atoms with Crippen LogP contribution in [-0.4, -0.2) is 0 Å². The molecule has 0 atom stereocenters. The molecule has 0 N–H and O–H groups in total. The molecule has 0 spiro atoms. The van der Waals surface area contributed by atoms with Gasteiger partial charge in [-0.25, -0.2) is 0 Å². The fourth-order valence-corrected chi connectivity index (χ4v) is 0.499. The third kappa shape index (κ3) is 220. The van der Waals surface area contributed by atoms with Gasteiger partial charge in [-0.15, -0.1) is 6.58 Å². The Bertz CT molecular complexity index is 173. The molecule has 13 heteroatoms. The van der Waals surface area contributed by atoms with Crippen molar-refractivity contribution in [2.75, 3.05) is 0 Å². The Kier molecular flexibility index (Phi) is 51.9. The maximum absolute atomic E-state index is 9.73. The topological polar surface area (TPSA) is 0 Å². The molecule has 0 bridgehead atoms. The number of rotatable bonds is 4. The monoisotopic (exact) mass is 476 g/mol. The van der Waals surface area contributed by atoms with Crippen molar-refractivity contribution >= 4 is 26.6 Å². The minimum absolute atomic E-state index is 0. The van der Waals surface area contributed by atoms with Gasteiger partial charge in [0, 0.05) is 19.5 Å². The minimum atomic E-state index is -4.12. The molecule has 0 nitrogen and oxygen atoms in total. The van der Waals surface area contributed by atoms with E-state index in [1.807, 2.05) is 6.08 Å². The predicted molar refractivity (Wildman–Crippen MR) is 69.6 cm³/mol. The third-order valence-corrected chi connectivity index (χ3v) is 0.940. The maximum Gasteiger partial charge on any atom is 0.456 e. The molecular formula is C8H14F9P3Ru. The van der Waals surface area contributed by atoms with Crippen LogP contribution in [0.3, 0.4) is 0 Å². The fourth-order valence-electron chi connectivity index (χ4n) is 0.499. The minimum Gasteiger partial charge on any atom is -0.152 e. The fraction of sp³-hybridized carbons (Fsp3) is 0.500. The summed E-state index contributed by atoms with van der Waals surface area (Å²) in [7, 11) is -12.4. The van der Waals surface area contributed by atoms with Crippen LogP contribution in [0.25, 0.3) is 0 Å². The van der Waals surface area contributed by atoms with E-state index < -0.39 is 26.6 Å². The van der Waals surface area contributed by atoms with Gasteiger partial charge in [0.15, 0.2) is 0 Å². The maximum atomic E-state index is 9.73. The predicted octanol–water partition coefficient (Wildman–Crippen LogP) is 9.28. The molecule has 21 heavy (non-hydrogen) atoms. The molecule has 0 amide bonds. The summed E-state index contributed by atoms with van der Waals surface area (Å²) in [6.07, 6.45) is 9.73. The summed E-state index contributed by atoms with van der Waals surface area (Å²) in [5.41, 5.74) is 0. The Morgan fingerprint density at radius 1 is 0.714 bits per heavy atom. The van der Waals surface area contributed by atoms with Crippen molar-refractivity contribution in [3.8, 4) is 0 Å². The molecule has 0 aromatic rings. The van der Waals surface area contributed by atoms with Gasteiger partial charge in [0.25, 0.3) is 0 Å². The van der Waals surface area contributed by atoms with Crippen molar-refractivity contribution < 1.29 is 57.3 Å². The quantitative estimate of drug-likeness (QED) is 0.125. The summed E-state index contributed by atoms with van der Waals surface area (Å²) < 4.78 is 87.6. The summed E-state index contributed by atoms with van der Waals surface area (Å²) in [5, 5.41) is 0. The van der Waals surface area contributed by atoms with Gasteiger partial charge >= 0.3 is 26.6 Å². The zero-order chi connectivity index (χ0) is 17.0. The molecule has 0 aliphatic rings. The molecule has 0 radical (unpaired) electrons. The van der Waals surface area contributed by atoms with Crippen LogP contribution in [-0.2, 0) is 19.5 Å². The van der Waals surface area contributed by atoms with E-state index in [0.717, 1.165) is 19.3 Å². The number of allylic oxidation sites excluding steroid dienone is 3. The second kappa shape index (κ2) is 32.6. The van der Waals surface area contributed by atoms with E-state index in [2.05, 4.69) is 25.7 Å². The number of halogens is 9. The van der Waals surface area contributed by atoms with E-state index in [-0.39, 0.29) is 19.5 Å². The summed E-state index contributed by atoms with van der Waals surface area (Å²) in [4.78, 5) is 0. The Labute approximate surface area is 135 Å². The van der Waals surface area contributed by atoms with Crippen LogP contribution in [0, 0.1) is 0 Å². The van der Waals surface area contributed by atoms with Gasteiger partial charge in [0.2, 0.25) is 0 Å². The normalized spacial score (nSPS) is 9.00. The number of hydrogen-bond acceptors (Lipinski definition) is 0. The van der Waals surface area contributed by atoms with Crippen LogP contribution in [0.1, 0.15) is 26.2 Å². The van der Waals surface area contributed by atoms with E-state index in [1.54, 1.807) is 0 Å². The van der Waals surface area contributed by atoms with E-state index in [0.29, 0.717) is 0 Å². The average Bonchev–Trinajstić information content (AvgIpc) is 2.22. The van der Waals surface area contributed by atoms with E-state index in [4.69, 9.17) is 0 Å². The van der Waals surface area contributed by atoms with Gasteiger partial charge in [0.05, 0.1) is 0 Å². The van der Waals surface area contributed by atoms with E-state index >= 15 is 0 Å². The smallest absolute Gasteiger partial charge is 0.152 e. The number of hydrogen-bond donors (Lipinski definition) is 0. The van der Waals surface area contributed by atoms with E-state index in [1.165, 1.54) is 0 Å². The summed E-state index contributed by atoms with van der Waals surface area (Å²) in [6.45, 7) is 5.77. The first-order chi connectivity index (χ1) is 9.11. The molecule has 0 heterocycles. The van der Waals surface area contributed by atoms with Crippen molar-refractivity contribution in [3.05, 3.63) is 24.8 Å². The zero-order valence-corrected chi connectivity index (χ0v) is 15.1. The average molecular weight is 475 g/mol. The second-order valence-electron chi connectivity index (χ2n) is 2.32. The second-order valence-corrected chi connectivity index (χ2v) is 3.47. The van der Waals surface area contributed by atoms with Crippen molar-refractivity contribution in [2.24, 2.45) is 0 Å². The van der Waals surface area contributed by atoms with Crippen LogP contribution in [0.2, 0.25) is 0 Å². The van der Waals surface area contributed by atoms with Crippen LogP contribution in [0.4, 0.5) is 37.8 Å². The number of unbranched alkanes of at least 4 members (excludes halogenated alkanes) is 1. The summed E-state index contributed by atoms with van der Waals surface area (Å²) >= 11 is 0. The van der Waals surface area contributed by atoms with Crippen molar-refractivity contribution in [2.45, 2.75) is 26.2 Å². The van der Waals surface area contributed by atoms with Crippen molar-refractivity contribution in [3.63, 3.8) is 0 Å². The van der Waals surface area contributed by atoms with Crippen LogP contribution in [0.15, 0.2) is 24.8 Å². The first kappa shape index (κ1) is 33.4. The molecule has 0 aliphatic heterocycles. The third-order valence-electron chi connectivity index (χ3n) is 0.940. The molecular weight excluding hydrogens is 461 g/mol. The molecule has 0 aliphatic carbocycles. The van der Waals surface area contributed by atoms with Gasteiger partial charge < -0.3 is 0 Å². The van der Waals surface area contributed by atoms with Crippen LogP contribution < -0.4 is 0 Å². The molecule has 0 unspecified atom stereocenters.